The summed E-state index contributed by atoms with van der Waals surface area (Å²) >= 11 is 0. The molecule has 2 aromatic carbocycles. The smallest absolute Gasteiger partial charge is 0.410 e. The lowest BCUT2D eigenvalue weighted by molar-refractivity contribution is -0.138. The molecule has 8 nitrogen and oxygen atoms in total. The van der Waals surface area contributed by atoms with Crippen molar-refractivity contribution in [2.75, 3.05) is 13.2 Å². The van der Waals surface area contributed by atoms with Gasteiger partial charge in [0.1, 0.15) is 24.7 Å². The fraction of sp³-hybridized carbons (Fsp3) is 0.292. The van der Waals surface area contributed by atoms with Gasteiger partial charge in [0.15, 0.2) is 5.89 Å². The summed E-state index contributed by atoms with van der Waals surface area (Å²) in [4.78, 5) is 29.2. The first-order valence-electron chi connectivity index (χ1n) is 10.2. The summed E-state index contributed by atoms with van der Waals surface area (Å²) in [6.07, 6.45) is -0.0934. The van der Waals surface area contributed by atoms with Crippen molar-refractivity contribution in [1.29, 1.82) is 0 Å². The lowest BCUT2D eigenvalue weighted by Gasteiger charge is -2.20. The number of carbonyl (C=O) groups excluding carboxylic acids is 1. The Morgan fingerprint density at radius 1 is 1.06 bits per heavy atom. The van der Waals surface area contributed by atoms with E-state index >= 15 is 0 Å². The Morgan fingerprint density at radius 2 is 1.81 bits per heavy atom. The molecule has 0 fully saturated rings. The van der Waals surface area contributed by atoms with Gasteiger partial charge in [-0.2, -0.15) is 0 Å². The van der Waals surface area contributed by atoms with Crippen LogP contribution in [0, 0.1) is 13.8 Å². The molecule has 32 heavy (non-hydrogen) atoms. The minimum atomic E-state index is -1.12. The average Bonchev–Trinajstić information content (AvgIpc) is 3.09. The Hall–Kier alpha value is -3.81. The number of aryl methyl sites for hydroxylation is 2. The van der Waals surface area contributed by atoms with E-state index in [0.29, 0.717) is 24.7 Å². The first kappa shape index (κ1) is 22.9. The largest absolute Gasteiger partial charge is 0.493 e. The van der Waals surface area contributed by atoms with Crippen molar-refractivity contribution < 1.29 is 28.6 Å². The van der Waals surface area contributed by atoms with Crippen LogP contribution in [0.15, 0.2) is 59.0 Å². The van der Waals surface area contributed by atoms with Crippen LogP contribution >= 0.6 is 0 Å². The number of aliphatic carboxylic acids is 1. The predicted octanol–water partition coefficient (Wildman–Crippen LogP) is 4.14. The number of amides is 1. The Labute approximate surface area is 186 Å². The van der Waals surface area contributed by atoms with Crippen LogP contribution in [-0.2, 0) is 29.1 Å². The third-order valence-corrected chi connectivity index (χ3v) is 4.67. The van der Waals surface area contributed by atoms with Crippen LogP contribution in [0.1, 0.15) is 28.5 Å². The Kier molecular flexibility index (Phi) is 7.85. The lowest BCUT2D eigenvalue weighted by atomic mass is 10.2. The van der Waals surface area contributed by atoms with Crippen molar-refractivity contribution in [1.82, 2.24) is 9.88 Å². The minimum absolute atomic E-state index is 0.0693. The van der Waals surface area contributed by atoms with Crippen molar-refractivity contribution in [3.8, 4) is 5.75 Å². The second kappa shape index (κ2) is 11.0. The van der Waals surface area contributed by atoms with Crippen molar-refractivity contribution in [2.24, 2.45) is 0 Å². The standard InChI is InChI=1S/C24H26N2O6/c1-17-22(25-18(2)32-17)11-12-30-21-10-6-9-20(13-21)14-26(15-23(27)28)24(29)31-16-19-7-4-3-5-8-19/h3-10,13H,11-12,14-16H2,1-2H3,(H,27,28). The normalized spacial score (nSPS) is 10.6. The second-order valence-electron chi connectivity index (χ2n) is 7.27. The fourth-order valence-electron chi connectivity index (χ4n) is 3.18. The van der Waals surface area contributed by atoms with Crippen molar-refractivity contribution >= 4 is 12.1 Å². The van der Waals surface area contributed by atoms with E-state index in [1.165, 1.54) is 0 Å². The fourth-order valence-corrected chi connectivity index (χ4v) is 3.18. The van der Waals surface area contributed by atoms with Gasteiger partial charge in [-0.1, -0.05) is 42.5 Å². The number of ether oxygens (including phenoxy) is 2. The molecule has 0 saturated carbocycles. The zero-order valence-electron chi connectivity index (χ0n) is 18.1. The second-order valence-corrected chi connectivity index (χ2v) is 7.27. The van der Waals surface area contributed by atoms with Crippen LogP contribution in [0.5, 0.6) is 5.75 Å². The molecule has 0 aliphatic carbocycles. The number of aromatic nitrogens is 1. The SMILES string of the molecule is Cc1nc(CCOc2cccc(CN(CC(=O)O)C(=O)OCc3ccccc3)c2)c(C)o1. The predicted molar refractivity (Wildman–Crippen MR) is 116 cm³/mol. The number of carbonyl (C=O) groups is 2. The Balaban J connectivity index is 1.58. The van der Waals surface area contributed by atoms with E-state index in [4.69, 9.17) is 13.9 Å². The zero-order valence-corrected chi connectivity index (χ0v) is 18.1. The summed E-state index contributed by atoms with van der Waals surface area (Å²) in [5.74, 6) is 0.899. The monoisotopic (exact) mass is 438 g/mol. The van der Waals surface area contributed by atoms with E-state index in [-0.39, 0.29) is 13.2 Å². The molecule has 0 aliphatic heterocycles. The van der Waals surface area contributed by atoms with Gasteiger partial charge in [-0.05, 0) is 30.2 Å². The molecular formula is C24H26N2O6. The summed E-state index contributed by atoms with van der Waals surface area (Å²) in [7, 11) is 0. The highest BCUT2D eigenvalue weighted by Gasteiger charge is 2.19. The molecule has 1 amide bonds. The highest BCUT2D eigenvalue weighted by atomic mass is 16.6. The number of hydrogen-bond donors (Lipinski definition) is 1. The quantitative estimate of drug-likeness (QED) is 0.508. The average molecular weight is 438 g/mol. The first-order chi connectivity index (χ1) is 15.4. The molecule has 1 heterocycles. The van der Waals surface area contributed by atoms with Crippen LogP contribution in [0.2, 0.25) is 0 Å². The van der Waals surface area contributed by atoms with E-state index in [1.54, 1.807) is 31.2 Å². The molecule has 0 saturated heterocycles. The molecule has 0 aliphatic rings. The van der Waals surface area contributed by atoms with E-state index in [0.717, 1.165) is 27.5 Å². The maximum atomic E-state index is 12.5. The number of carboxylic acid groups (broad SMARTS) is 1. The summed E-state index contributed by atoms with van der Waals surface area (Å²) in [5, 5.41) is 9.21. The van der Waals surface area contributed by atoms with E-state index in [1.807, 2.05) is 37.3 Å². The van der Waals surface area contributed by atoms with Gasteiger partial charge in [0.2, 0.25) is 0 Å². The van der Waals surface area contributed by atoms with Crippen LogP contribution in [-0.4, -0.2) is 40.2 Å². The molecule has 8 heteroatoms. The molecule has 1 N–H and O–H groups in total. The lowest BCUT2D eigenvalue weighted by Crippen LogP contribution is -2.35. The number of nitrogens with zero attached hydrogens (tertiary/aromatic N) is 2. The van der Waals surface area contributed by atoms with Gasteiger partial charge in [0, 0.05) is 19.9 Å². The summed E-state index contributed by atoms with van der Waals surface area (Å²) in [5.41, 5.74) is 2.41. The number of rotatable bonds is 10. The molecule has 0 atom stereocenters. The minimum Gasteiger partial charge on any atom is -0.493 e. The number of oxazole rings is 1. The molecule has 0 bridgehead atoms. The van der Waals surface area contributed by atoms with Crippen molar-refractivity contribution in [3.05, 3.63) is 83.1 Å². The van der Waals surface area contributed by atoms with Crippen LogP contribution in [0.4, 0.5) is 4.79 Å². The number of carboxylic acids is 1. The highest BCUT2D eigenvalue weighted by Crippen LogP contribution is 2.17. The molecular weight excluding hydrogens is 412 g/mol. The van der Waals surface area contributed by atoms with E-state index in [2.05, 4.69) is 4.98 Å². The van der Waals surface area contributed by atoms with E-state index in [9.17, 15) is 14.7 Å². The van der Waals surface area contributed by atoms with Gasteiger partial charge < -0.3 is 19.0 Å². The Morgan fingerprint density at radius 3 is 2.50 bits per heavy atom. The van der Waals surface area contributed by atoms with Gasteiger partial charge in [0.25, 0.3) is 0 Å². The molecule has 0 radical (unpaired) electrons. The zero-order chi connectivity index (χ0) is 22.9. The highest BCUT2D eigenvalue weighted by molar-refractivity contribution is 5.76. The molecule has 3 aromatic rings. The number of benzene rings is 2. The summed E-state index contributed by atoms with van der Waals surface area (Å²) in [6.45, 7) is 3.76. The van der Waals surface area contributed by atoms with Gasteiger partial charge >= 0.3 is 12.1 Å². The van der Waals surface area contributed by atoms with Crippen molar-refractivity contribution in [3.63, 3.8) is 0 Å². The van der Waals surface area contributed by atoms with Gasteiger partial charge in [0.05, 0.1) is 12.3 Å². The third-order valence-electron chi connectivity index (χ3n) is 4.67. The topological polar surface area (TPSA) is 102 Å². The maximum Gasteiger partial charge on any atom is 0.410 e. The molecule has 0 spiro atoms. The van der Waals surface area contributed by atoms with Gasteiger partial charge in [-0.15, -0.1) is 0 Å². The van der Waals surface area contributed by atoms with Crippen LogP contribution in [0.25, 0.3) is 0 Å². The summed E-state index contributed by atoms with van der Waals surface area (Å²) in [6, 6.07) is 16.4. The molecule has 0 unspecified atom stereocenters. The van der Waals surface area contributed by atoms with Crippen molar-refractivity contribution in [2.45, 2.75) is 33.4 Å². The van der Waals surface area contributed by atoms with Gasteiger partial charge in [-0.25, -0.2) is 9.78 Å². The molecule has 3 rings (SSSR count). The van der Waals surface area contributed by atoms with Crippen LogP contribution in [0.3, 0.4) is 0 Å². The molecule has 1 aromatic heterocycles. The first-order valence-corrected chi connectivity index (χ1v) is 10.2. The summed E-state index contributed by atoms with van der Waals surface area (Å²) < 4.78 is 16.5. The van der Waals surface area contributed by atoms with Gasteiger partial charge in [-0.3, -0.25) is 9.69 Å². The third kappa shape index (κ3) is 6.87. The van der Waals surface area contributed by atoms with E-state index < -0.39 is 18.6 Å². The number of hydrogen-bond acceptors (Lipinski definition) is 6. The Bertz CT molecular complexity index is 1050. The maximum absolute atomic E-state index is 12.5. The van der Waals surface area contributed by atoms with Crippen LogP contribution < -0.4 is 4.74 Å². The molecule has 168 valence electrons.